The molecule has 0 amide bonds. The van der Waals surface area contributed by atoms with Crippen molar-refractivity contribution in [1.82, 2.24) is 10.4 Å². The molecule has 0 aromatic heterocycles. The van der Waals surface area contributed by atoms with Crippen molar-refractivity contribution in [2.75, 3.05) is 0 Å². The Labute approximate surface area is 201 Å². The van der Waals surface area contributed by atoms with Crippen molar-refractivity contribution in [3.05, 3.63) is 126 Å². The number of hydrazone groups is 2. The van der Waals surface area contributed by atoms with Crippen LogP contribution in [-0.4, -0.2) is 16.6 Å². The summed E-state index contributed by atoms with van der Waals surface area (Å²) in [5, 5.41) is 11.6. The Hall–Kier alpha value is -4.29. The van der Waals surface area contributed by atoms with E-state index in [4.69, 9.17) is 9.84 Å². The molecule has 0 unspecified atom stereocenters. The quantitative estimate of drug-likeness (QED) is 0.338. The van der Waals surface area contributed by atoms with Gasteiger partial charge in [0, 0.05) is 28.5 Å². The molecular formula is C28H18N4OS. The van der Waals surface area contributed by atoms with E-state index in [1.165, 1.54) is 0 Å². The van der Waals surface area contributed by atoms with Gasteiger partial charge in [-0.15, -0.1) is 0 Å². The Bertz CT molecular complexity index is 1540. The second-order valence-corrected chi connectivity index (χ2v) is 9.16. The van der Waals surface area contributed by atoms with E-state index in [0.717, 1.165) is 60.8 Å². The zero-order chi connectivity index (χ0) is 22.5. The van der Waals surface area contributed by atoms with E-state index < -0.39 is 0 Å². The number of hydrogen-bond acceptors (Lipinski definition) is 6. The van der Waals surface area contributed by atoms with Crippen LogP contribution in [0.15, 0.2) is 123 Å². The van der Waals surface area contributed by atoms with Gasteiger partial charge in [0.2, 0.25) is 0 Å². The number of nitrogens with one attached hydrogen (secondary N) is 1. The summed E-state index contributed by atoms with van der Waals surface area (Å²) in [4.78, 5) is 2.19. The van der Waals surface area contributed by atoms with Crippen LogP contribution < -0.4 is 10.2 Å². The van der Waals surface area contributed by atoms with Crippen LogP contribution in [-0.2, 0) is 0 Å². The summed E-state index contributed by atoms with van der Waals surface area (Å²) in [5.74, 6) is 2.55. The molecule has 3 aliphatic heterocycles. The number of rotatable bonds is 2. The predicted molar refractivity (Wildman–Crippen MR) is 135 cm³/mol. The molecule has 0 saturated heterocycles. The first kappa shape index (κ1) is 19.2. The van der Waals surface area contributed by atoms with E-state index in [1.54, 1.807) is 11.8 Å². The molecule has 0 fully saturated rings. The van der Waals surface area contributed by atoms with Gasteiger partial charge in [-0.25, -0.2) is 5.01 Å². The van der Waals surface area contributed by atoms with Gasteiger partial charge < -0.3 is 4.74 Å². The molecule has 0 aliphatic carbocycles. The molecule has 1 N–H and O–H groups in total. The Morgan fingerprint density at radius 3 is 2.38 bits per heavy atom. The van der Waals surface area contributed by atoms with Crippen molar-refractivity contribution in [2.24, 2.45) is 10.2 Å². The summed E-state index contributed by atoms with van der Waals surface area (Å²) < 4.78 is 6.14. The zero-order valence-corrected chi connectivity index (χ0v) is 18.8. The van der Waals surface area contributed by atoms with Crippen molar-refractivity contribution in [3.8, 4) is 11.5 Å². The van der Waals surface area contributed by atoms with Gasteiger partial charge in [0.1, 0.15) is 11.5 Å². The molecule has 162 valence electrons. The summed E-state index contributed by atoms with van der Waals surface area (Å²) in [6.45, 7) is 0. The highest BCUT2D eigenvalue weighted by Crippen LogP contribution is 2.47. The van der Waals surface area contributed by atoms with Gasteiger partial charge >= 0.3 is 0 Å². The van der Waals surface area contributed by atoms with Gasteiger partial charge in [-0.2, -0.15) is 10.2 Å². The molecule has 0 atom stereocenters. The smallest absolute Gasteiger partial charge is 0.181 e. The molecule has 0 radical (unpaired) electrons. The average Bonchev–Trinajstić information content (AvgIpc) is 2.91. The molecular weight excluding hydrogens is 440 g/mol. The van der Waals surface area contributed by atoms with E-state index in [-0.39, 0.29) is 0 Å². The first-order valence-electron chi connectivity index (χ1n) is 11.0. The van der Waals surface area contributed by atoms with Gasteiger partial charge in [0.25, 0.3) is 0 Å². The summed E-state index contributed by atoms with van der Waals surface area (Å²) in [7, 11) is 0. The molecule has 34 heavy (non-hydrogen) atoms. The summed E-state index contributed by atoms with van der Waals surface area (Å²) in [6, 6.07) is 32.9. The Morgan fingerprint density at radius 1 is 0.706 bits per heavy atom. The van der Waals surface area contributed by atoms with Crippen molar-refractivity contribution in [1.29, 1.82) is 0 Å². The van der Waals surface area contributed by atoms with E-state index in [2.05, 4.69) is 53.0 Å². The SMILES string of the molecule is C1=C(c2ccccc2)N2N=C(c3ccc4c(c3)Sc3ccccc3O4)c3ccccc3C2=NN1. The topological polar surface area (TPSA) is 49.2 Å². The molecule has 4 aromatic carbocycles. The second-order valence-electron chi connectivity index (χ2n) is 8.08. The first-order valence-corrected chi connectivity index (χ1v) is 11.8. The van der Waals surface area contributed by atoms with Crippen molar-refractivity contribution < 1.29 is 4.74 Å². The van der Waals surface area contributed by atoms with Gasteiger partial charge in [-0.3, -0.25) is 5.43 Å². The summed E-state index contributed by atoms with van der Waals surface area (Å²) in [5.41, 5.74) is 9.11. The first-order chi connectivity index (χ1) is 16.8. The summed E-state index contributed by atoms with van der Waals surface area (Å²) in [6.07, 6.45) is 1.89. The van der Waals surface area contributed by atoms with Crippen LogP contribution in [0.25, 0.3) is 5.70 Å². The van der Waals surface area contributed by atoms with E-state index in [1.807, 2.05) is 65.8 Å². The van der Waals surface area contributed by atoms with Crippen molar-refractivity contribution in [3.63, 3.8) is 0 Å². The lowest BCUT2D eigenvalue weighted by atomic mass is 9.94. The molecule has 3 heterocycles. The maximum Gasteiger partial charge on any atom is 0.181 e. The second kappa shape index (κ2) is 7.64. The van der Waals surface area contributed by atoms with Crippen LogP contribution in [0, 0.1) is 0 Å². The standard InChI is InChI=1S/C28H18N4OS/c1-2-8-18(9-3-1)22-17-29-30-28-21-11-5-4-10-20(21)27(31-32(22)28)19-14-15-24-26(16-19)34-25-13-7-6-12-23(25)33-24/h1-17,29H. The maximum atomic E-state index is 6.14. The number of para-hydroxylation sites is 1. The molecule has 4 aromatic rings. The Morgan fingerprint density at radius 2 is 1.47 bits per heavy atom. The molecule has 3 aliphatic rings. The monoisotopic (exact) mass is 458 g/mol. The van der Waals surface area contributed by atoms with Crippen molar-refractivity contribution >= 4 is 29.0 Å². The minimum Gasteiger partial charge on any atom is -0.455 e. The highest BCUT2D eigenvalue weighted by Gasteiger charge is 2.31. The van der Waals surface area contributed by atoms with Crippen LogP contribution in [0.1, 0.15) is 22.3 Å². The third kappa shape index (κ3) is 3.03. The lowest BCUT2D eigenvalue weighted by molar-refractivity contribution is 0.454. The Kier molecular flexibility index (Phi) is 4.32. The van der Waals surface area contributed by atoms with Crippen LogP contribution in [0.3, 0.4) is 0 Å². The fraction of sp³-hybridized carbons (Fsp3) is 0. The fourth-order valence-corrected chi connectivity index (χ4v) is 5.38. The summed E-state index contributed by atoms with van der Waals surface area (Å²) >= 11 is 1.72. The number of ether oxygens (including phenoxy) is 1. The maximum absolute atomic E-state index is 6.14. The number of nitrogens with zero attached hydrogens (tertiary/aromatic N) is 3. The van der Waals surface area contributed by atoms with E-state index in [9.17, 15) is 0 Å². The Balaban J connectivity index is 1.36. The highest BCUT2D eigenvalue weighted by molar-refractivity contribution is 7.99. The van der Waals surface area contributed by atoms with Crippen LogP contribution in [0.2, 0.25) is 0 Å². The fourth-order valence-electron chi connectivity index (χ4n) is 4.39. The average molecular weight is 459 g/mol. The third-order valence-corrected chi connectivity index (χ3v) is 7.10. The molecule has 6 heteroatoms. The van der Waals surface area contributed by atoms with Crippen molar-refractivity contribution in [2.45, 2.75) is 9.79 Å². The number of amidine groups is 1. The predicted octanol–water partition coefficient (Wildman–Crippen LogP) is 6.27. The molecule has 0 bridgehead atoms. The minimum absolute atomic E-state index is 0.783. The number of benzene rings is 4. The van der Waals surface area contributed by atoms with E-state index in [0.29, 0.717) is 0 Å². The lowest BCUT2D eigenvalue weighted by Crippen LogP contribution is -2.37. The van der Waals surface area contributed by atoms with Crippen LogP contribution >= 0.6 is 11.8 Å². The third-order valence-electron chi connectivity index (χ3n) is 6.00. The largest absolute Gasteiger partial charge is 0.455 e. The van der Waals surface area contributed by atoms with Gasteiger partial charge in [-0.1, -0.05) is 78.5 Å². The number of fused-ring (bicyclic) bond motifs is 5. The molecule has 7 rings (SSSR count). The lowest BCUT2D eigenvalue weighted by Gasteiger charge is -2.32. The zero-order valence-electron chi connectivity index (χ0n) is 18.0. The van der Waals surface area contributed by atoms with E-state index >= 15 is 0 Å². The van der Waals surface area contributed by atoms with Crippen LogP contribution in [0.5, 0.6) is 11.5 Å². The molecule has 0 spiro atoms. The van der Waals surface area contributed by atoms with Gasteiger partial charge in [-0.05, 0) is 30.3 Å². The highest BCUT2D eigenvalue weighted by atomic mass is 32.2. The van der Waals surface area contributed by atoms with Crippen LogP contribution in [0.4, 0.5) is 0 Å². The number of hydrogen-bond donors (Lipinski definition) is 1. The van der Waals surface area contributed by atoms with Gasteiger partial charge in [0.15, 0.2) is 5.84 Å². The van der Waals surface area contributed by atoms with Gasteiger partial charge in [0.05, 0.1) is 21.2 Å². The molecule has 5 nitrogen and oxygen atoms in total. The normalized spacial score (nSPS) is 15.3. The minimum atomic E-state index is 0.783. The molecule has 0 saturated carbocycles.